The summed E-state index contributed by atoms with van der Waals surface area (Å²) in [5.41, 5.74) is 2.35. The van der Waals surface area contributed by atoms with E-state index in [-0.39, 0.29) is 6.10 Å². The van der Waals surface area contributed by atoms with Crippen molar-refractivity contribution < 1.29 is 5.11 Å². The zero-order chi connectivity index (χ0) is 11.7. The highest BCUT2D eigenvalue weighted by Crippen LogP contribution is 2.31. The van der Waals surface area contributed by atoms with E-state index in [1.807, 2.05) is 6.07 Å². The first kappa shape index (κ1) is 11.9. The van der Waals surface area contributed by atoms with Crippen LogP contribution in [0.5, 0.6) is 0 Å². The molecule has 1 fully saturated rings. The molecule has 1 aromatic carbocycles. The summed E-state index contributed by atoms with van der Waals surface area (Å²) in [4.78, 5) is 2.28. The predicted molar refractivity (Wildman–Crippen MR) is 67.1 cm³/mol. The molecule has 0 amide bonds. The standard InChI is InChI=1S/C13H18ClNO/c1-9(16)5-10-3-4-12(13(14)6-10)11-7-15(2)8-11/h3-4,6,9,11,16H,5,7-8H2,1-2H3. The van der Waals surface area contributed by atoms with Gasteiger partial charge in [0.1, 0.15) is 0 Å². The van der Waals surface area contributed by atoms with Crippen molar-refractivity contribution >= 4 is 11.6 Å². The van der Waals surface area contributed by atoms with Crippen molar-refractivity contribution in [3.63, 3.8) is 0 Å². The van der Waals surface area contributed by atoms with E-state index in [2.05, 4.69) is 24.1 Å². The number of rotatable bonds is 3. The van der Waals surface area contributed by atoms with Crippen LogP contribution in [0.4, 0.5) is 0 Å². The fourth-order valence-electron chi connectivity index (χ4n) is 2.27. The van der Waals surface area contributed by atoms with Crippen molar-refractivity contribution in [1.29, 1.82) is 0 Å². The van der Waals surface area contributed by atoms with Gasteiger partial charge in [0, 0.05) is 24.0 Å². The Morgan fingerprint density at radius 3 is 2.69 bits per heavy atom. The number of nitrogens with zero attached hydrogens (tertiary/aromatic N) is 1. The first-order valence-corrected chi connectivity index (χ1v) is 6.09. The topological polar surface area (TPSA) is 23.5 Å². The van der Waals surface area contributed by atoms with Gasteiger partial charge in [-0.1, -0.05) is 23.7 Å². The second-order valence-electron chi connectivity index (χ2n) is 4.83. The van der Waals surface area contributed by atoms with Crippen molar-refractivity contribution in [3.05, 3.63) is 34.3 Å². The molecule has 0 aliphatic carbocycles. The van der Waals surface area contributed by atoms with E-state index in [1.54, 1.807) is 6.92 Å². The maximum atomic E-state index is 9.32. The van der Waals surface area contributed by atoms with Crippen LogP contribution in [-0.4, -0.2) is 36.2 Å². The molecule has 16 heavy (non-hydrogen) atoms. The van der Waals surface area contributed by atoms with Crippen molar-refractivity contribution in [2.45, 2.75) is 25.4 Å². The van der Waals surface area contributed by atoms with Crippen LogP contribution in [0, 0.1) is 0 Å². The number of likely N-dealkylation sites (N-methyl/N-ethyl adjacent to an activating group) is 1. The number of hydrogen-bond acceptors (Lipinski definition) is 2. The van der Waals surface area contributed by atoms with Crippen LogP contribution < -0.4 is 0 Å². The first-order valence-electron chi connectivity index (χ1n) is 5.71. The third-order valence-corrected chi connectivity index (χ3v) is 3.43. The van der Waals surface area contributed by atoms with Gasteiger partial charge in [-0.25, -0.2) is 0 Å². The third kappa shape index (κ3) is 2.57. The summed E-state index contributed by atoms with van der Waals surface area (Å²) < 4.78 is 0. The summed E-state index contributed by atoms with van der Waals surface area (Å²) >= 11 is 6.27. The molecule has 1 aliphatic rings. The molecule has 0 spiro atoms. The lowest BCUT2D eigenvalue weighted by atomic mass is 9.91. The highest BCUT2D eigenvalue weighted by Gasteiger charge is 2.26. The molecule has 1 aromatic rings. The Labute approximate surface area is 102 Å². The molecular formula is C13H18ClNO. The molecule has 2 nitrogen and oxygen atoms in total. The molecule has 1 aliphatic heterocycles. The highest BCUT2D eigenvalue weighted by atomic mass is 35.5. The minimum Gasteiger partial charge on any atom is -0.393 e. The Bertz CT molecular complexity index is 372. The first-order chi connectivity index (χ1) is 7.56. The molecular weight excluding hydrogens is 222 g/mol. The van der Waals surface area contributed by atoms with Gasteiger partial charge in [-0.15, -0.1) is 0 Å². The zero-order valence-electron chi connectivity index (χ0n) is 9.78. The Kier molecular flexibility index (Phi) is 3.53. The maximum Gasteiger partial charge on any atom is 0.0552 e. The van der Waals surface area contributed by atoms with Crippen LogP contribution in [0.1, 0.15) is 24.0 Å². The van der Waals surface area contributed by atoms with Gasteiger partial charge < -0.3 is 10.0 Å². The second kappa shape index (κ2) is 4.74. The van der Waals surface area contributed by atoms with Gasteiger partial charge in [-0.2, -0.15) is 0 Å². The zero-order valence-corrected chi connectivity index (χ0v) is 10.5. The van der Waals surface area contributed by atoms with Crippen LogP contribution in [0.3, 0.4) is 0 Å². The lowest BCUT2D eigenvalue weighted by molar-refractivity contribution is 0.189. The van der Waals surface area contributed by atoms with Crippen molar-refractivity contribution in [1.82, 2.24) is 4.90 Å². The Balaban J connectivity index is 2.11. The van der Waals surface area contributed by atoms with E-state index in [1.165, 1.54) is 5.56 Å². The minimum absolute atomic E-state index is 0.309. The van der Waals surface area contributed by atoms with Crippen LogP contribution in [0.15, 0.2) is 18.2 Å². The maximum absolute atomic E-state index is 9.32. The molecule has 0 radical (unpaired) electrons. The molecule has 0 aromatic heterocycles. The molecule has 0 saturated carbocycles. The third-order valence-electron chi connectivity index (χ3n) is 3.10. The number of aliphatic hydroxyl groups is 1. The summed E-state index contributed by atoms with van der Waals surface area (Å²) in [6.07, 6.45) is 0.363. The summed E-state index contributed by atoms with van der Waals surface area (Å²) in [6.45, 7) is 3.98. The molecule has 1 unspecified atom stereocenters. The largest absolute Gasteiger partial charge is 0.393 e. The molecule has 1 saturated heterocycles. The van der Waals surface area contributed by atoms with Gasteiger partial charge >= 0.3 is 0 Å². The predicted octanol–water partition coefficient (Wildman–Crippen LogP) is 2.29. The second-order valence-corrected chi connectivity index (χ2v) is 5.23. The van der Waals surface area contributed by atoms with E-state index in [9.17, 15) is 5.11 Å². The van der Waals surface area contributed by atoms with Gasteiger partial charge in [-0.05, 0) is 37.6 Å². The Hall–Kier alpha value is -0.570. The summed E-state index contributed by atoms with van der Waals surface area (Å²) in [7, 11) is 2.12. The number of aliphatic hydroxyl groups excluding tert-OH is 1. The SMILES string of the molecule is CC(O)Cc1ccc(C2CN(C)C2)c(Cl)c1. The van der Waals surface area contributed by atoms with Gasteiger partial charge in [-0.3, -0.25) is 0 Å². The molecule has 1 atom stereocenters. The fourth-order valence-corrected chi connectivity index (χ4v) is 2.62. The number of benzene rings is 1. The van der Waals surface area contributed by atoms with E-state index in [0.29, 0.717) is 12.3 Å². The van der Waals surface area contributed by atoms with E-state index < -0.39 is 0 Å². The Morgan fingerprint density at radius 1 is 1.50 bits per heavy atom. The van der Waals surface area contributed by atoms with Gasteiger partial charge in [0.15, 0.2) is 0 Å². The van der Waals surface area contributed by atoms with E-state index in [0.717, 1.165) is 23.7 Å². The molecule has 3 heteroatoms. The van der Waals surface area contributed by atoms with Crippen molar-refractivity contribution in [3.8, 4) is 0 Å². The summed E-state index contributed by atoms with van der Waals surface area (Å²) in [5, 5.41) is 10.2. The number of halogens is 1. The van der Waals surface area contributed by atoms with Crippen LogP contribution >= 0.6 is 11.6 Å². The monoisotopic (exact) mass is 239 g/mol. The highest BCUT2D eigenvalue weighted by molar-refractivity contribution is 6.31. The minimum atomic E-state index is -0.309. The van der Waals surface area contributed by atoms with E-state index >= 15 is 0 Å². The molecule has 2 rings (SSSR count). The number of hydrogen-bond donors (Lipinski definition) is 1. The van der Waals surface area contributed by atoms with E-state index in [4.69, 9.17) is 11.6 Å². The Morgan fingerprint density at radius 2 is 2.19 bits per heavy atom. The lowest BCUT2D eigenvalue weighted by Gasteiger charge is -2.37. The van der Waals surface area contributed by atoms with Crippen molar-refractivity contribution in [2.75, 3.05) is 20.1 Å². The van der Waals surface area contributed by atoms with Gasteiger partial charge in [0.2, 0.25) is 0 Å². The molecule has 0 bridgehead atoms. The van der Waals surface area contributed by atoms with Gasteiger partial charge in [0.25, 0.3) is 0 Å². The molecule has 1 N–H and O–H groups in total. The van der Waals surface area contributed by atoms with Gasteiger partial charge in [0.05, 0.1) is 6.10 Å². The smallest absolute Gasteiger partial charge is 0.0552 e. The summed E-state index contributed by atoms with van der Waals surface area (Å²) in [5.74, 6) is 0.582. The average Bonchev–Trinajstić information content (AvgIpc) is 2.13. The lowest BCUT2D eigenvalue weighted by Crippen LogP contribution is -2.41. The van der Waals surface area contributed by atoms with Crippen LogP contribution in [-0.2, 0) is 6.42 Å². The quantitative estimate of drug-likeness (QED) is 0.875. The normalized spacial score (nSPS) is 19.5. The fraction of sp³-hybridized carbons (Fsp3) is 0.538. The van der Waals surface area contributed by atoms with Crippen LogP contribution in [0.2, 0.25) is 5.02 Å². The number of likely N-dealkylation sites (tertiary alicyclic amines) is 1. The average molecular weight is 240 g/mol. The summed E-state index contributed by atoms with van der Waals surface area (Å²) in [6, 6.07) is 6.17. The van der Waals surface area contributed by atoms with Crippen molar-refractivity contribution in [2.24, 2.45) is 0 Å². The molecule has 88 valence electrons. The molecule has 1 heterocycles. The van der Waals surface area contributed by atoms with Crippen LogP contribution in [0.25, 0.3) is 0 Å².